The van der Waals surface area contributed by atoms with Crippen LogP contribution in [0.5, 0.6) is 0 Å². The zero-order valence-electron chi connectivity index (χ0n) is 19.8. The van der Waals surface area contributed by atoms with Gasteiger partial charge < -0.3 is 21.1 Å². The molecule has 2 aromatic carbocycles. The van der Waals surface area contributed by atoms with Crippen molar-refractivity contribution in [2.45, 2.75) is 25.3 Å². The number of aromatic nitrogens is 4. The average Bonchev–Trinajstić information content (AvgIpc) is 3.43. The van der Waals surface area contributed by atoms with E-state index in [2.05, 4.69) is 31.5 Å². The summed E-state index contributed by atoms with van der Waals surface area (Å²) >= 11 is 6.15. The van der Waals surface area contributed by atoms with E-state index in [4.69, 9.17) is 16.7 Å². The SMILES string of the molecule is O=C(C=Cc1cc(Cl)ccc1-n1cnnn1)N[C@@H](CC1CCNCC1)C(=O)Nc1ccc(C(=O)O)cc1. The molecule has 1 atom stereocenters. The number of piperidine rings is 1. The van der Waals surface area contributed by atoms with Crippen molar-refractivity contribution < 1.29 is 19.5 Å². The maximum atomic E-state index is 13.1. The van der Waals surface area contributed by atoms with Crippen LogP contribution in [0.4, 0.5) is 5.69 Å². The lowest BCUT2D eigenvalue weighted by atomic mass is 9.90. The van der Waals surface area contributed by atoms with Gasteiger partial charge in [-0.25, -0.2) is 4.79 Å². The molecule has 3 aromatic rings. The Morgan fingerprint density at radius 2 is 1.92 bits per heavy atom. The predicted molar refractivity (Wildman–Crippen MR) is 137 cm³/mol. The van der Waals surface area contributed by atoms with E-state index in [9.17, 15) is 14.4 Å². The van der Waals surface area contributed by atoms with Crippen LogP contribution >= 0.6 is 11.6 Å². The molecule has 0 spiro atoms. The molecule has 0 bridgehead atoms. The summed E-state index contributed by atoms with van der Waals surface area (Å²) in [5.74, 6) is -1.60. The van der Waals surface area contributed by atoms with Crippen LogP contribution in [0.1, 0.15) is 35.2 Å². The molecule has 2 heterocycles. The maximum Gasteiger partial charge on any atom is 0.335 e. The van der Waals surface area contributed by atoms with E-state index in [1.807, 2.05) is 0 Å². The lowest BCUT2D eigenvalue weighted by Gasteiger charge is -2.27. The van der Waals surface area contributed by atoms with Gasteiger partial charge in [-0.2, -0.15) is 4.68 Å². The predicted octanol–water partition coefficient (Wildman–Crippen LogP) is 2.54. The van der Waals surface area contributed by atoms with Crippen LogP contribution in [-0.2, 0) is 9.59 Å². The maximum absolute atomic E-state index is 13.1. The highest BCUT2D eigenvalue weighted by Gasteiger charge is 2.25. The van der Waals surface area contributed by atoms with E-state index in [0.29, 0.717) is 28.4 Å². The van der Waals surface area contributed by atoms with Crippen LogP contribution in [0.25, 0.3) is 11.8 Å². The van der Waals surface area contributed by atoms with Gasteiger partial charge in [0.1, 0.15) is 12.4 Å². The fourth-order valence-corrected chi connectivity index (χ4v) is 4.31. The largest absolute Gasteiger partial charge is 0.478 e. The molecule has 1 aliphatic heterocycles. The van der Waals surface area contributed by atoms with Crippen LogP contribution in [-0.4, -0.2) is 62.2 Å². The fraction of sp³-hybridized carbons (Fsp3) is 0.280. The molecule has 2 amide bonds. The number of carboxylic acids is 1. The third-order valence-electron chi connectivity index (χ3n) is 6.06. The molecule has 1 saturated heterocycles. The summed E-state index contributed by atoms with van der Waals surface area (Å²) in [6.45, 7) is 1.72. The summed E-state index contributed by atoms with van der Waals surface area (Å²) in [4.78, 5) is 37.1. The Morgan fingerprint density at radius 3 is 2.59 bits per heavy atom. The van der Waals surface area contributed by atoms with E-state index in [0.717, 1.165) is 25.9 Å². The first-order valence-electron chi connectivity index (χ1n) is 11.8. The second kappa shape index (κ2) is 12.2. The molecule has 1 aromatic heterocycles. The Labute approximate surface area is 217 Å². The van der Waals surface area contributed by atoms with Crippen LogP contribution in [0.2, 0.25) is 5.02 Å². The number of tetrazole rings is 1. The molecule has 192 valence electrons. The number of hydrogen-bond donors (Lipinski definition) is 4. The van der Waals surface area contributed by atoms with Crippen molar-refractivity contribution in [2.75, 3.05) is 18.4 Å². The van der Waals surface area contributed by atoms with Crippen molar-refractivity contribution in [3.8, 4) is 5.69 Å². The third-order valence-corrected chi connectivity index (χ3v) is 6.29. The van der Waals surface area contributed by atoms with E-state index in [-0.39, 0.29) is 17.4 Å². The minimum absolute atomic E-state index is 0.116. The van der Waals surface area contributed by atoms with E-state index in [1.165, 1.54) is 41.4 Å². The van der Waals surface area contributed by atoms with Crippen molar-refractivity contribution in [3.05, 3.63) is 71.0 Å². The monoisotopic (exact) mass is 523 g/mol. The van der Waals surface area contributed by atoms with E-state index < -0.39 is 17.9 Å². The van der Waals surface area contributed by atoms with Gasteiger partial charge >= 0.3 is 5.97 Å². The molecule has 0 radical (unpaired) electrons. The summed E-state index contributed by atoms with van der Waals surface area (Å²) in [5.41, 5.74) is 1.81. The van der Waals surface area contributed by atoms with Crippen LogP contribution in [0.15, 0.2) is 54.9 Å². The summed E-state index contributed by atoms with van der Waals surface area (Å²) < 4.78 is 1.46. The van der Waals surface area contributed by atoms with Crippen LogP contribution in [0.3, 0.4) is 0 Å². The summed E-state index contributed by atoms with van der Waals surface area (Å²) in [6.07, 6.45) is 6.64. The summed E-state index contributed by atoms with van der Waals surface area (Å²) in [7, 11) is 0. The highest BCUT2D eigenvalue weighted by molar-refractivity contribution is 6.30. The highest BCUT2D eigenvalue weighted by Crippen LogP contribution is 2.21. The van der Waals surface area contributed by atoms with Gasteiger partial charge in [0.05, 0.1) is 11.3 Å². The average molecular weight is 524 g/mol. The van der Waals surface area contributed by atoms with Crippen molar-refractivity contribution in [2.24, 2.45) is 5.92 Å². The minimum Gasteiger partial charge on any atom is -0.478 e. The van der Waals surface area contributed by atoms with Gasteiger partial charge in [-0.15, -0.1) is 5.10 Å². The Hall–Kier alpha value is -4.09. The molecule has 1 fully saturated rings. The molecular weight excluding hydrogens is 498 g/mol. The zero-order chi connectivity index (χ0) is 26.2. The second-order valence-electron chi connectivity index (χ2n) is 8.65. The lowest BCUT2D eigenvalue weighted by Crippen LogP contribution is -2.45. The Kier molecular flexibility index (Phi) is 8.60. The highest BCUT2D eigenvalue weighted by atomic mass is 35.5. The van der Waals surface area contributed by atoms with Crippen molar-refractivity contribution in [1.82, 2.24) is 30.8 Å². The number of nitrogens with one attached hydrogen (secondary N) is 3. The number of nitrogens with zero attached hydrogens (tertiary/aromatic N) is 4. The van der Waals surface area contributed by atoms with E-state index >= 15 is 0 Å². The number of benzene rings is 2. The number of amides is 2. The number of rotatable bonds is 9. The molecule has 1 aliphatic rings. The van der Waals surface area contributed by atoms with Crippen molar-refractivity contribution >= 4 is 41.1 Å². The number of carbonyl (C=O) groups excluding carboxylic acids is 2. The molecule has 0 unspecified atom stereocenters. The first kappa shape index (κ1) is 26.0. The molecule has 12 heteroatoms. The van der Waals surface area contributed by atoms with Gasteiger partial charge in [0, 0.05) is 22.3 Å². The first-order chi connectivity index (χ1) is 17.9. The molecule has 4 rings (SSSR count). The zero-order valence-corrected chi connectivity index (χ0v) is 20.6. The number of carbonyl (C=O) groups is 3. The number of aromatic carboxylic acids is 1. The first-order valence-corrected chi connectivity index (χ1v) is 12.1. The van der Waals surface area contributed by atoms with Crippen molar-refractivity contribution in [1.29, 1.82) is 0 Å². The van der Waals surface area contributed by atoms with Gasteiger partial charge in [0.25, 0.3) is 0 Å². The standard InChI is InChI=1S/C25H26ClN7O4/c26-19-4-7-22(33-15-28-31-32-33)18(14-19)3-8-23(34)30-21(13-16-9-11-27-12-10-16)24(35)29-20-5-1-17(2-6-20)25(36)37/h1-8,14-16,21,27H,9-13H2,(H,29,35)(H,30,34)(H,36,37)/t21-/m0/s1. The van der Waals surface area contributed by atoms with Crippen molar-refractivity contribution in [3.63, 3.8) is 0 Å². The summed E-state index contributed by atoms with van der Waals surface area (Å²) in [5, 5.41) is 29.6. The summed E-state index contributed by atoms with van der Waals surface area (Å²) in [6, 6.07) is 10.2. The Morgan fingerprint density at radius 1 is 1.16 bits per heavy atom. The molecule has 0 saturated carbocycles. The number of carboxylic acid groups (broad SMARTS) is 1. The second-order valence-corrected chi connectivity index (χ2v) is 9.09. The number of anilines is 1. The van der Waals surface area contributed by atoms with Crippen LogP contribution < -0.4 is 16.0 Å². The number of halogens is 1. The van der Waals surface area contributed by atoms with Gasteiger partial charge in [0.2, 0.25) is 11.8 Å². The molecule has 4 N–H and O–H groups in total. The molecular formula is C25H26ClN7O4. The van der Waals surface area contributed by atoms with Gasteiger partial charge in [-0.05, 0) is 97.2 Å². The van der Waals surface area contributed by atoms with E-state index in [1.54, 1.807) is 24.3 Å². The minimum atomic E-state index is -1.05. The van der Waals surface area contributed by atoms with Gasteiger partial charge in [-0.3, -0.25) is 9.59 Å². The smallest absolute Gasteiger partial charge is 0.335 e. The quantitative estimate of drug-likeness (QED) is 0.312. The van der Waals surface area contributed by atoms with Gasteiger partial charge in [-0.1, -0.05) is 11.6 Å². The fourth-order valence-electron chi connectivity index (χ4n) is 4.13. The molecule has 11 nitrogen and oxygen atoms in total. The Balaban J connectivity index is 1.48. The molecule has 0 aliphatic carbocycles. The van der Waals surface area contributed by atoms with Gasteiger partial charge in [0.15, 0.2) is 0 Å². The normalized spacial score (nSPS) is 14.8. The molecule has 37 heavy (non-hydrogen) atoms. The lowest BCUT2D eigenvalue weighted by molar-refractivity contribution is -0.124. The Bertz CT molecular complexity index is 1270. The topological polar surface area (TPSA) is 151 Å². The number of hydrogen-bond acceptors (Lipinski definition) is 7. The van der Waals surface area contributed by atoms with Crippen LogP contribution in [0, 0.1) is 5.92 Å². The third kappa shape index (κ3) is 7.21.